The maximum atomic E-state index is 6.60. The van der Waals surface area contributed by atoms with Gasteiger partial charge in [0.2, 0.25) is 0 Å². The zero-order valence-electron chi connectivity index (χ0n) is 15.5. The van der Waals surface area contributed by atoms with Crippen LogP contribution in [-0.4, -0.2) is 12.1 Å². The van der Waals surface area contributed by atoms with Crippen molar-refractivity contribution in [3.05, 3.63) is 85.7 Å². The third kappa shape index (κ3) is 2.77. The lowest BCUT2D eigenvalue weighted by Crippen LogP contribution is -2.53. The molecule has 0 aromatic heterocycles. The van der Waals surface area contributed by atoms with Crippen LogP contribution in [0.5, 0.6) is 0 Å². The Morgan fingerprint density at radius 1 is 1.19 bits per heavy atom. The molecule has 1 unspecified atom stereocenters. The van der Waals surface area contributed by atoms with Crippen molar-refractivity contribution in [1.29, 1.82) is 0 Å². The van der Waals surface area contributed by atoms with Crippen LogP contribution in [-0.2, 0) is 0 Å². The quantitative estimate of drug-likeness (QED) is 0.665. The van der Waals surface area contributed by atoms with E-state index < -0.39 is 5.54 Å². The molecule has 0 amide bonds. The molecule has 0 saturated heterocycles. The first-order valence-electron chi connectivity index (χ1n) is 9.11. The third-order valence-corrected chi connectivity index (χ3v) is 6.29. The standard InChI is InChI=1S/C22H23Cl2N3/c1-12-7-8-22-17(6-3-13(2)18(22)9-12)20(16(11-25)21(26)27-22)15-5-4-14(23)10-19(15)24/h4-5,7-10,27H,3,6,11,25-26H2,1-2H3. The maximum Gasteiger partial charge on any atom is 0.105 e. The molecular formula is C22H23Cl2N3. The molecule has 1 aliphatic heterocycles. The highest BCUT2D eigenvalue weighted by molar-refractivity contribution is 6.36. The van der Waals surface area contributed by atoms with Crippen molar-refractivity contribution in [2.75, 3.05) is 6.54 Å². The zero-order chi connectivity index (χ0) is 19.3. The van der Waals surface area contributed by atoms with E-state index in [4.69, 9.17) is 34.7 Å². The van der Waals surface area contributed by atoms with Gasteiger partial charge in [-0.15, -0.1) is 0 Å². The molecule has 4 rings (SSSR count). The van der Waals surface area contributed by atoms with E-state index in [9.17, 15) is 0 Å². The van der Waals surface area contributed by atoms with Gasteiger partial charge in [0.15, 0.2) is 0 Å². The molecule has 27 heavy (non-hydrogen) atoms. The molecule has 1 aromatic rings. The Kier molecular flexibility index (Phi) is 4.50. The summed E-state index contributed by atoms with van der Waals surface area (Å²) in [5.74, 6) is 0.604. The fourth-order valence-corrected chi connectivity index (χ4v) is 4.95. The molecule has 0 radical (unpaired) electrons. The molecule has 1 spiro atoms. The SMILES string of the molecule is CC1=CC2=C(C)CCC3=C(c4ccc(Cl)cc4Cl)C(CN)=C(N)NC23C=C1. The van der Waals surface area contributed by atoms with Gasteiger partial charge >= 0.3 is 0 Å². The number of allylic oxidation sites excluding steroid dienone is 3. The van der Waals surface area contributed by atoms with Crippen molar-refractivity contribution < 1.29 is 0 Å². The molecule has 5 N–H and O–H groups in total. The maximum absolute atomic E-state index is 6.60. The Morgan fingerprint density at radius 3 is 2.67 bits per heavy atom. The number of rotatable bonds is 2. The van der Waals surface area contributed by atoms with Gasteiger partial charge in [0.05, 0.1) is 0 Å². The van der Waals surface area contributed by atoms with Gasteiger partial charge in [-0.05, 0) is 55.5 Å². The molecule has 1 aromatic carbocycles. The van der Waals surface area contributed by atoms with Gasteiger partial charge in [0, 0.05) is 27.7 Å². The van der Waals surface area contributed by atoms with Crippen LogP contribution in [0, 0.1) is 0 Å². The van der Waals surface area contributed by atoms with Crippen molar-refractivity contribution >= 4 is 28.8 Å². The van der Waals surface area contributed by atoms with Crippen LogP contribution in [0.1, 0.15) is 32.3 Å². The van der Waals surface area contributed by atoms with Crippen LogP contribution >= 0.6 is 23.2 Å². The van der Waals surface area contributed by atoms with Gasteiger partial charge in [-0.25, -0.2) is 0 Å². The first kappa shape index (κ1) is 18.4. The molecule has 0 bridgehead atoms. The Bertz CT molecular complexity index is 995. The van der Waals surface area contributed by atoms with E-state index in [2.05, 4.69) is 37.4 Å². The third-order valence-electron chi connectivity index (χ3n) is 5.74. The predicted octanol–water partition coefficient (Wildman–Crippen LogP) is 4.84. The molecule has 3 nitrogen and oxygen atoms in total. The molecular weight excluding hydrogens is 377 g/mol. The summed E-state index contributed by atoms with van der Waals surface area (Å²) < 4.78 is 0. The van der Waals surface area contributed by atoms with Gasteiger partial charge in [0.25, 0.3) is 0 Å². The smallest absolute Gasteiger partial charge is 0.105 e. The van der Waals surface area contributed by atoms with Gasteiger partial charge in [-0.1, -0.05) is 58.6 Å². The minimum Gasteiger partial charge on any atom is -0.385 e. The Labute approximate surface area is 170 Å². The Balaban J connectivity index is 2.05. The second-order valence-corrected chi connectivity index (χ2v) is 8.27. The van der Waals surface area contributed by atoms with Crippen LogP contribution < -0.4 is 16.8 Å². The minimum absolute atomic E-state index is 0.337. The highest BCUT2D eigenvalue weighted by Gasteiger charge is 2.45. The zero-order valence-corrected chi connectivity index (χ0v) is 17.0. The summed E-state index contributed by atoms with van der Waals surface area (Å²) in [4.78, 5) is 0. The van der Waals surface area contributed by atoms with E-state index in [0.717, 1.165) is 29.6 Å². The monoisotopic (exact) mass is 399 g/mol. The summed E-state index contributed by atoms with van der Waals surface area (Å²) in [5.41, 5.74) is 20.2. The fourth-order valence-electron chi connectivity index (χ4n) is 4.44. The van der Waals surface area contributed by atoms with Crippen LogP contribution in [0.25, 0.3) is 5.57 Å². The van der Waals surface area contributed by atoms with Gasteiger partial charge in [-0.2, -0.15) is 0 Å². The van der Waals surface area contributed by atoms with Crippen LogP contribution in [0.4, 0.5) is 0 Å². The summed E-state index contributed by atoms with van der Waals surface area (Å²) in [7, 11) is 0. The van der Waals surface area contributed by atoms with Gasteiger partial charge in [0.1, 0.15) is 11.4 Å². The Hall–Kier alpha value is -1.94. The highest BCUT2D eigenvalue weighted by atomic mass is 35.5. The Morgan fingerprint density at radius 2 is 1.96 bits per heavy atom. The van der Waals surface area contributed by atoms with Crippen LogP contribution in [0.3, 0.4) is 0 Å². The number of hydrogen-bond acceptors (Lipinski definition) is 3. The van der Waals surface area contributed by atoms with Gasteiger partial charge < -0.3 is 16.8 Å². The number of dihydropyridines is 1. The van der Waals surface area contributed by atoms with E-state index in [1.807, 2.05) is 12.1 Å². The minimum atomic E-state index is -0.442. The summed E-state index contributed by atoms with van der Waals surface area (Å²) >= 11 is 12.7. The van der Waals surface area contributed by atoms with Crippen molar-refractivity contribution in [2.24, 2.45) is 11.5 Å². The molecule has 5 heteroatoms. The van der Waals surface area contributed by atoms with Crippen molar-refractivity contribution in [1.82, 2.24) is 5.32 Å². The first-order chi connectivity index (χ1) is 12.9. The van der Waals surface area contributed by atoms with Crippen molar-refractivity contribution in [2.45, 2.75) is 32.2 Å². The van der Waals surface area contributed by atoms with Crippen molar-refractivity contribution in [3.63, 3.8) is 0 Å². The fraction of sp³-hybridized carbons (Fsp3) is 0.273. The lowest BCUT2D eigenvalue weighted by Gasteiger charge is -2.47. The normalized spacial score (nSPS) is 24.6. The molecule has 0 fully saturated rings. The van der Waals surface area contributed by atoms with E-state index in [-0.39, 0.29) is 0 Å². The lowest BCUT2D eigenvalue weighted by molar-refractivity contribution is 0.527. The molecule has 2 aliphatic carbocycles. The molecule has 1 heterocycles. The molecule has 0 saturated carbocycles. The average Bonchev–Trinajstić information content (AvgIpc) is 2.62. The second-order valence-electron chi connectivity index (χ2n) is 7.42. The van der Waals surface area contributed by atoms with E-state index >= 15 is 0 Å². The summed E-state index contributed by atoms with van der Waals surface area (Å²) in [6.07, 6.45) is 8.54. The summed E-state index contributed by atoms with van der Waals surface area (Å²) in [6, 6.07) is 5.60. The number of benzene rings is 1. The van der Waals surface area contributed by atoms with Gasteiger partial charge in [-0.3, -0.25) is 0 Å². The van der Waals surface area contributed by atoms with Crippen LogP contribution in [0.15, 0.2) is 70.1 Å². The summed E-state index contributed by atoms with van der Waals surface area (Å²) in [5, 5.41) is 4.80. The average molecular weight is 400 g/mol. The van der Waals surface area contributed by atoms with E-state index in [0.29, 0.717) is 22.4 Å². The lowest BCUT2D eigenvalue weighted by atomic mass is 9.66. The number of nitrogens with two attached hydrogens (primary N) is 2. The molecule has 3 aliphatic rings. The topological polar surface area (TPSA) is 64.1 Å². The largest absolute Gasteiger partial charge is 0.385 e. The number of nitrogens with one attached hydrogen (secondary N) is 1. The highest BCUT2D eigenvalue weighted by Crippen LogP contribution is 2.50. The first-order valence-corrected chi connectivity index (χ1v) is 9.87. The van der Waals surface area contributed by atoms with E-state index in [1.165, 1.54) is 22.3 Å². The second kappa shape index (κ2) is 6.59. The predicted molar refractivity (Wildman–Crippen MR) is 114 cm³/mol. The number of halogens is 2. The number of hydrogen-bond donors (Lipinski definition) is 3. The van der Waals surface area contributed by atoms with E-state index in [1.54, 1.807) is 6.07 Å². The summed E-state index contributed by atoms with van der Waals surface area (Å²) in [6.45, 7) is 4.65. The van der Waals surface area contributed by atoms with Crippen LogP contribution in [0.2, 0.25) is 10.0 Å². The van der Waals surface area contributed by atoms with Crippen molar-refractivity contribution in [3.8, 4) is 0 Å². The molecule has 1 atom stereocenters. The molecule has 140 valence electrons.